The van der Waals surface area contributed by atoms with Gasteiger partial charge in [-0.1, -0.05) is 35.0 Å². The summed E-state index contributed by atoms with van der Waals surface area (Å²) >= 11 is 4.99. The molecule has 112 valence electrons. The summed E-state index contributed by atoms with van der Waals surface area (Å²) in [6.07, 6.45) is 0. The van der Waals surface area contributed by atoms with E-state index in [1.165, 1.54) is 0 Å². The van der Waals surface area contributed by atoms with Gasteiger partial charge in [-0.3, -0.25) is 4.72 Å². The highest BCUT2D eigenvalue weighted by atomic mass is 79.9. The third kappa shape index (κ3) is 4.02. The number of aryl methyl sites for hydroxylation is 1. The number of hydrogen-bond donors (Lipinski definition) is 1. The fourth-order valence-electron chi connectivity index (χ4n) is 1.82. The Bertz CT molecular complexity index is 745. The molecule has 0 heterocycles. The lowest BCUT2D eigenvalue weighted by Gasteiger charge is -2.12. The first-order valence-corrected chi connectivity index (χ1v) is 9.71. The predicted octanol–water partition coefficient (Wildman–Crippen LogP) is 4.67. The molecule has 3 nitrogen and oxygen atoms in total. The zero-order valence-corrected chi connectivity index (χ0v) is 15.0. The van der Waals surface area contributed by atoms with Gasteiger partial charge in [0.25, 0.3) is 10.0 Å². The highest BCUT2D eigenvalue weighted by Gasteiger charge is 2.16. The number of thioether (sulfide) groups is 1. The number of anilines is 1. The smallest absolute Gasteiger partial charge is 0.261 e. The van der Waals surface area contributed by atoms with Crippen molar-refractivity contribution in [2.24, 2.45) is 0 Å². The molecule has 21 heavy (non-hydrogen) atoms. The summed E-state index contributed by atoms with van der Waals surface area (Å²) in [5, 5.41) is 0. The van der Waals surface area contributed by atoms with Gasteiger partial charge in [-0.15, -0.1) is 11.8 Å². The Balaban J connectivity index is 2.35. The van der Waals surface area contributed by atoms with Crippen LogP contribution in [-0.4, -0.2) is 14.2 Å². The Labute approximate surface area is 138 Å². The largest absolute Gasteiger partial charge is 0.278 e. The topological polar surface area (TPSA) is 46.2 Å². The van der Waals surface area contributed by atoms with Gasteiger partial charge in [-0.25, -0.2) is 8.42 Å². The molecule has 0 saturated carbocycles. The van der Waals surface area contributed by atoms with E-state index in [-0.39, 0.29) is 4.90 Å². The molecule has 0 aliphatic carbocycles. The average Bonchev–Trinajstić information content (AvgIpc) is 2.44. The van der Waals surface area contributed by atoms with E-state index in [0.717, 1.165) is 20.7 Å². The molecule has 2 rings (SSSR count). The van der Waals surface area contributed by atoms with E-state index in [1.807, 2.05) is 32.0 Å². The van der Waals surface area contributed by atoms with Gasteiger partial charge < -0.3 is 0 Å². The quantitative estimate of drug-likeness (QED) is 0.760. The van der Waals surface area contributed by atoms with Crippen LogP contribution >= 0.6 is 27.7 Å². The van der Waals surface area contributed by atoms with Gasteiger partial charge in [0.2, 0.25) is 0 Å². The molecule has 2 aromatic rings. The van der Waals surface area contributed by atoms with Gasteiger partial charge in [-0.2, -0.15) is 0 Å². The van der Waals surface area contributed by atoms with Crippen LogP contribution in [0.5, 0.6) is 0 Å². The monoisotopic (exact) mass is 385 g/mol. The summed E-state index contributed by atoms with van der Waals surface area (Å²) in [4.78, 5) is 1.19. The van der Waals surface area contributed by atoms with Crippen molar-refractivity contribution in [1.82, 2.24) is 0 Å². The second kappa shape index (κ2) is 6.85. The minimum Gasteiger partial charge on any atom is -0.278 e. The second-order valence-electron chi connectivity index (χ2n) is 4.45. The fourth-order valence-corrected chi connectivity index (χ4v) is 4.06. The fraction of sp³-hybridized carbons (Fsp3) is 0.200. The van der Waals surface area contributed by atoms with Crippen LogP contribution in [-0.2, 0) is 10.0 Å². The highest BCUT2D eigenvalue weighted by molar-refractivity contribution is 9.10. The second-order valence-corrected chi connectivity index (χ2v) is 8.29. The molecule has 0 spiro atoms. The molecule has 0 amide bonds. The van der Waals surface area contributed by atoms with Gasteiger partial charge in [0.1, 0.15) is 0 Å². The number of sulfonamides is 1. The maximum Gasteiger partial charge on any atom is 0.261 e. The van der Waals surface area contributed by atoms with Gasteiger partial charge in [0.15, 0.2) is 0 Å². The summed E-state index contributed by atoms with van der Waals surface area (Å²) in [5.41, 5.74) is 1.50. The number of benzene rings is 2. The minimum atomic E-state index is -3.58. The summed E-state index contributed by atoms with van der Waals surface area (Å²) in [7, 11) is -3.58. The van der Waals surface area contributed by atoms with Crippen LogP contribution in [0.3, 0.4) is 0 Å². The number of halogens is 1. The lowest BCUT2D eigenvalue weighted by Crippen LogP contribution is -2.13. The number of rotatable bonds is 5. The molecular weight excluding hydrogens is 370 g/mol. The summed E-state index contributed by atoms with van der Waals surface area (Å²) < 4.78 is 28.5. The Morgan fingerprint density at radius 1 is 1.19 bits per heavy atom. The molecular formula is C15H16BrNO2S2. The van der Waals surface area contributed by atoms with E-state index in [9.17, 15) is 8.42 Å². The summed E-state index contributed by atoms with van der Waals surface area (Å²) in [6, 6.07) is 12.4. The predicted molar refractivity (Wildman–Crippen MR) is 92.5 cm³/mol. The maximum absolute atomic E-state index is 12.5. The third-order valence-electron chi connectivity index (χ3n) is 2.87. The summed E-state index contributed by atoms with van der Waals surface area (Å²) in [5.74, 6) is 0.885. The molecule has 0 bridgehead atoms. The molecule has 0 unspecified atom stereocenters. The van der Waals surface area contributed by atoms with Crippen LogP contribution in [0.25, 0.3) is 0 Å². The molecule has 0 radical (unpaired) electrons. The molecule has 0 aliphatic heterocycles. The first-order valence-electron chi connectivity index (χ1n) is 6.45. The van der Waals surface area contributed by atoms with Crippen molar-refractivity contribution in [3.05, 3.63) is 52.5 Å². The van der Waals surface area contributed by atoms with Crippen LogP contribution in [0.15, 0.2) is 56.7 Å². The van der Waals surface area contributed by atoms with Crippen molar-refractivity contribution in [3.63, 3.8) is 0 Å². The van der Waals surface area contributed by atoms with Crippen LogP contribution in [0.1, 0.15) is 12.5 Å². The van der Waals surface area contributed by atoms with Crippen LogP contribution in [0.2, 0.25) is 0 Å². The van der Waals surface area contributed by atoms with Crippen molar-refractivity contribution < 1.29 is 8.42 Å². The minimum absolute atomic E-state index is 0.263. The van der Waals surface area contributed by atoms with Gasteiger partial charge in [-0.05, 0) is 48.6 Å². The molecule has 1 N–H and O–H groups in total. The van der Waals surface area contributed by atoms with E-state index in [4.69, 9.17) is 0 Å². The third-order valence-corrected chi connectivity index (χ3v) is 6.08. The average molecular weight is 386 g/mol. The molecule has 2 aromatic carbocycles. The Morgan fingerprint density at radius 2 is 1.90 bits per heavy atom. The number of hydrogen-bond acceptors (Lipinski definition) is 3. The van der Waals surface area contributed by atoms with Crippen LogP contribution < -0.4 is 4.72 Å². The summed E-state index contributed by atoms with van der Waals surface area (Å²) in [6.45, 7) is 3.90. The van der Waals surface area contributed by atoms with E-state index in [1.54, 1.807) is 36.0 Å². The van der Waals surface area contributed by atoms with Crippen molar-refractivity contribution in [2.45, 2.75) is 23.6 Å². The zero-order valence-electron chi connectivity index (χ0n) is 11.8. The van der Waals surface area contributed by atoms with Crippen molar-refractivity contribution in [2.75, 3.05) is 10.5 Å². The van der Waals surface area contributed by atoms with Crippen molar-refractivity contribution >= 4 is 43.4 Å². The number of nitrogens with one attached hydrogen (secondary N) is 1. The lowest BCUT2D eigenvalue weighted by atomic mass is 10.2. The Kier molecular flexibility index (Phi) is 5.35. The van der Waals surface area contributed by atoms with Crippen LogP contribution in [0, 0.1) is 6.92 Å². The van der Waals surface area contributed by atoms with Gasteiger partial charge in [0, 0.05) is 9.37 Å². The van der Waals surface area contributed by atoms with Gasteiger partial charge in [0.05, 0.1) is 10.6 Å². The zero-order chi connectivity index (χ0) is 15.5. The van der Waals surface area contributed by atoms with Crippen molar-refractivity contribution in [3.8, 4) is 0 Å². The first-order chi connectivity index (χ1) is 9.94. The molecule has 0 atom stereocenters. The maximum atomic E-state index is 12.5. The molecule has 0 aromatic heterocycles. The standard InChI is InChI=1S/C15H16BrNO2S2/c1-3-20-15-7-5-4-6-14(15)17-21(18,19)12-8-9-13(16)11(2)10-12/h4-10,17H,3H2,1-2H3. The number of para-hydroxylation sites is 1. The Hall–Kier alpha value is -0.980. The van der Waals surface area contributed by atoms with Crippen LogP contribution in [0.4, 0.5) is 5.69 Å². The van der Waals surface area contributed by atoms with E-state index in [0.29, 0.717) is 5.69 Å². The normalized spacial score (nSPS) is 11.4. The van der Waals surface area contributed by atoms with E-state index >= 15 is 0 Å². The molecule has 0 fully saturated rings. The Morgan fingerprint density at radius 3 is 2.57 bits per heavy atom. The lowest BCUT2D eigenvalue weighted by molar-refractivity contribution is 0.601. The first kappa shape index (κ1) is 16.4. The molecule has 0 saturated heterocycles. The SMILES string of the molecule is CCSc1ccccc1NS(=O)(=O)c1ccc(Br)c(C)c1. The highest BCUT2D eigenvalue weighted by Crippen LogP contribution is 2.29. The van der Waals surface area contributed by atoms with Crippen molar-refractivity contribution in [1.29, 1.82) is 0 Å². The van der Waals surface area contributed by atoms with E-state index in [2.05, 4.69) is 20.7 Å². The van der Waals surface area contributed by atoms with E-state index < -0.39 is 10.0 Å². The van der Waals surface area contributed by atoms with Gasteiger partial charge >= 0.3 is 0 Å². The molecule has 0 aliphatic rings. The molecule has 6 heteroatoms.